The zero-order valence-corrected chi connectivity index (χ0v) is 18.9. The summed E-state index contributed by atoms with van der Waals surface area (Å²) in [5, 5.41) is 23.3. The number of fused-ring (bicyclic) bond motifs is 1. The Labute approximate surface area is 199 Å². The maximum absolute atomic E-state index is 14.8. The summed E-state index contributed by atoms with van der Waals surface area (Å²) in [6.45, 7) is -0.749. The third kappa shape index (κ3) is 5.56. The Morgan fingerprint density at radius 2 is 1.88 bits per heavy atom. The summed E-state index contributed by atoms with van der Waals surface area (Å²) in [6.07, 6.45) is -7.62. The average molecular weight is 529 g/mol. The van der Waals surface area contributed by atoms with Crippen molar-refractivity contribution in [2.75, 3.05) is 31.6 Å². The fourth-order valence-electron chi connectivity index (χ4n) is 3.20. The number of anilines is 1. The Balaban J connectivity index is 2.29. The van der Waals surface area contributed by atoms with Gasteiger partial charge in [-0.25, -0.2) is 8.78 Å². The molecular weight excluding hydrogens is 511 g/mol. The summed E-state index contributed by atoms with van der Waals surface area (Å²) in [7, 11) is 1.33. The van der Waals surface area contributed by atoms with Crippen LogP contribution in [0.4, 0.5) is 27.6 Å². The van der Waals surface area contributed by atoms with Gasteiger partial charge in [0.1, 0.15) is 18.4 Å². The fourth-order valence-corrected chi connectivity index (χ4v) is 4.59. The van der Waals surface area contributed by atoms with Crippen molar-refractivity contribution in [2.45, 2.75) is 23.5 Å². The maximum atomic E-state index is 14.8. The first-order chi connectivity index (χ1) is 16.0. The highest BCUT2D eigenvalue weighted by atomic mass is 35.5. The van der Waals surface area contributed by atoms with Crippen LogP contribution < -0.4 is 10.6 Å². The molecule has 0 aromatic heterocycles. The number of benzene rings is 2. The van der Waals surface area contributed by atoms with Crippen molar-refractivity contribution in [3.05, 3.63) is 46.0 Å². The standard InChI is InChI=1S/C20H18ClF5N2O5S/c1-32-7-33-8(5-29)6-34-17-15(9-3-12(21)14(23)4-13(9)22)11(20(24,25)26)2-10-16(17)27-19(31)28-18(10)30/h2-4,8,19,27,29,31H,5-7H2,1H3,(H,28,30)/t8-,19?/m0/s1. The van der Waals surface area contributed by atoms with Crippen molar-refractivity contribution >= 4 is 35.0 Å². The first kappa shape index (κ1) is 26.4. The largest absolute Gasteiger partial charge is 0.417 e. The topological polar surface area (TPSA) is 100 Å². The third-order valence-electron chi connectivity index (χ3n) is 4.70. The first-order valence-electron chi connectivity index (χ1n) is 9.50. The zero-order chi connectivity index (χ0) is 25.2. The van der Waals surface area contributed by atoms with E-state index in [-0.39, 0.29) is 23.1 Å². The minimum absolute atomic E-state index is 0.156. The van der Waals surface area contributed by atoms with E-state index < -0.39 is 70.1 Å². The van der Waals surface area contributed by atoms with Gasteiger partial charge in [-0.05, 0) is 12.1 Å². The second kappa shape index (κ2) is 10.6. The molecule has 0 fully saturated rings. The first-order valence-corrected chi connectivity index (χ1v) is 10.9. The number of aliphatic hydroxyl groups is 2. The second-order valence-electron chi connectivity index (χ2n) is 7.00. The van der Waals surface area contributed by atoms with Crippen molar-refractivity contribution in [1.82, 2.24) is 5.32 Å². The van der Waals surface area contributed by atoms with Gasteiger partial charge in [0.2, 0.25) is 6.35 Å². The molecular formula is C20H18ClF5N2O5S. The summed E-state index contributed by atoms with van der Waals surface area (Å²) in [6, 6.07) is 1.56. The lowest BCUT2D eigenvalue weighted by Gasteiger charge is -2.29. The van der Waals surface area contributed by atoms with E-state index in [0.29, 0.717) is 30.0 Å². The molecule has 2 aromatic rings. The van der Waals surface area contributed by atoms with Gasteiger partial charge < -0.3 is 30.3 Å². The van der Waals surface area contributed by atoms with Crippen LogP contribution in [-0.4, -0.2) is 54.8 Å². The molecule has 34 heavy (non-hydrogen) atoms. The number of aliphatic hydroxyl groups excluding tert-OH is 2. The summed E-state index contributed by atoms with van der Waals surface area (Å²) in [5.74, 6) is -3.67. The predicted molar refractivity (Wildman–Crippen MR) is 113 cm³/mol. The number of hydrogen-bond donors (Lipinski definition) is 4. The van der Waals surface area contributed by atoms with Gasteiger partial charge >= 0.3 is 6.18 Å². The number of methoxy groups -OCH3 is 1. The molecule has 186 valence electrons. The van der Waals surface area contributed by atoms with Crippen LogP contribution >= 0.6 is 23.4 Å². The van der Waals surface area contributed by atoms with E-state index in [2.05, 4.69) is 5.32 Å². The Hall–Kier alpha value is -2.16. The number of hydrogen-bond acceptors (Lipinski definition) is 7. The van der Waals surface area contributed by atoms with Crippen LogP contribution in [0.5, 0.6) is 0 Å². The number of carbonyl (C=O) groups is 1. The van der Waals surface area contributed by atoms with E-state index in [4.69, 9.17) is 21.1 Å². The SMILES string of the molecule is COCO[C@@H](CO)CSc1c2c(cc(C(F)(F)F)c1-c1cc(Cl)c(F)cc1F)C(=O)NC(O)N2. The summed E-state index contributed by atoms with van der Waals surface area (Å²) >= 11 is 6.43. The number of nitrogens with one attached hydrogen (secondary N) is 2. The summed E-state index contributed by atoms with van der Waals surface area (Å²) in [4.78, 5) is 12.1. The van der Waals surface area contributed by atoms with E-state index in [0.717, 1.165) is 0 Å². The molecule has 2 aromatic carbocycles. The molecule has 3 rings (SSSR count). The molecule has 2 atom stereocenters. The van der Waals surface area contributed by atoms with Crippen LogP contribution in [-0.2, 0) is 15.7 Å². The Morgan fingerprint density at radius 1 is 1.18 bits per heavy atom. The number of thioether (sulfide) groups is 1. The second-order valence-corrected chi connectivity index (χ2v) is 8.44. The highest BCUT2D eigenvalue weighted by molar-refractivity contribution is 7.99. The third-order valence-corrected chi connectivity index (χ3v) is 6.22. The van der Waals surface area contributed by atoms with Gasteiger partial charge in [0, 0.05) is 35.0 Å². The quantitative estimate of drug-likeness (QED) is 0.179. The Morgan fingerprint density at radius 3 is 2.50 bits per heavy atom. The number of alkyl halides is 3. The highest BCUT2D eigenvalue weighted by Crippen LogP contribution is 2.49. The van der Waals surface area contributed by atoms with Crippen LogP contribution in [0, 0.1) is 11.6 Å². The van der Waals surface area contributed by atoms with Crippen molar-refractivity contribution in [3.8, 4) is 11.1 Å². The van der Waals surface area contributed by atoms with Gasteiger partial charge in [0.25, 0.3) is 5.91 Å². The number of halogens is 6. The molecule has 14 heteroatoms. The van der Waals surface area contributed by atoms with Crippen LogP contribution in [0.1, 0.15) is 15.9 Å². The highest BCUT2D eigenvalue weighted by Gasteiger charge is 2.40. The molecule has 4 N–H and O–H groups in total. The van der Waals surface area contributed by atoms with Crippen LogP contribution in [0.25, 0.3) is 11.1 Å². The number of carbonyl (C=O) groups excluding carboxylic acids is 1. The van der Waals surface area contributed by atoms with Crippen molar-refractivity contribution < 1.29 is 46.4 Å². The zero-order valence-electron chi connectivity index (χ0n) is 17.3. The van der Waals surface area contributed by atoms with E-state index >= 15 is 0 Å². The lowest BCUT2D eigenvalue weighted by molar-refractivity contribution is -0.137. The van der Waals surface area contributed by atoms with Crippen LogP contribution in [0.15, 0.2) is 23.1 Å². The molecule has 7 nitrogen and oxygen atoms in total. The lowest BCUT2D eigenvalue weighted by Crippen LogP contribution is -2.45. The maximum Gasteiger partial charge on any atom is 0.417 e. The van der Waals surface area contributed by atoms with Crippen molar-refractivity contribution in [1.29, 1.82) is 0 Å². The molecule has 1 amide bonds. The van der Waals surface area contributed by atoms with Gasteiger partial charge in [-0.15, -0.1) is 11.8 Å². The van der Waals surface area contributed by atoms with Gasteiger partial charge in [0.15, 0.2) is 0 Å². The van der Waals surface area contributed by atoms with Gasteiger partial charge in [-0.1, -0.05) is 11.6 Å². The molecule has 0 saturated heterocycles. The molecule has 1 aliphatic heterocycles. The van der Waals surface area contributed by atoms with Gasteiger partial charge in [0.05, 0.1) is 34.5 Å². The number of amides is 1. The predicted octanol–water partition coefficient (Wildman–Crippen LogP) is 3.81. The van der Waals surface area contributed by atoms with Gasteiger partial charge in [-0.3, -0.25) is 4.79 Å². The van der Waals surface area contributed by atoms with E-state index in [1.807, 2.05) is 5.32 Å². The Bertz CT molecular complexity index is 1090. The monoisotopic (exact) mass is 528 g/mol. The van der Waals surface area contributed by atoms with Crippen LogP contribution in [0.2, 0.25) is 5.02 Å². The minimum atomic E-state index is -5.06. The molecule has 1 unspecified atom stereocenters. The Kier molecular flexibility index (Phi) is 8.26. The number of rotatable bonds is 8. The molecule has 1 aliphatic rings. The number of ether oxygens (including phenoxy) is 2. The smallest absolute Gasteiger partial charge is 0.394 e. The summed E-state index contributed by atoms with van der Waals surface area (Å²) < 4.78 is 80.8. The van der Waals surface area contributed by atoms with Crippen molar-refractivity contribution in [3.63, 3.8) is 0 Å². The van der Waals surface area contributed by atoms with Crippen LogP contribution in [0.3, 0.4) is 0 Å². The molecule has 1 heterocycles. The van der Waals surface area contributed by atoms with Gasteiger partial charge in [-0.2, -0.15) is 13.2 Å². The molecule has 0 radical (unpaired) electrons. The summed E-state index contributed by atoms with van der Waals surface area (Å²) in [5.41, 5.74) is -3.47. The molecule has 0 bridgehead atoms. The fraction of sp³-hybridized carbons (Fsp3) is 0.350. The molecule has 0 spiro atoms. The van der Waals surface area contributed by atoms with E-state index in [1.54, 1.807) is 0 Å². The van der Waals surface area contributed by atoms with E-state index in [9.17, 15) is 37.0 Å². The molecule has 0 saturated carbocycles. The lowest BCUT2D eigenvalue weighted by atomic mass is 9.94. The average Bonchev–Trinajstić information content (AvgIpc) is 2.75. The van der Waals surface area contributed by atoms with E-state index in [1.165, 1.54) is 7.11 Å². The minimum Gasteiger partial charge on any atom is -0.394 e. The molecule has 0 aliphatic carbocycles. The van der Waals surface area contributed by atoms with Crippen molar-refractivity contribution in [2.24, 2.45) is 0 Å². The normalized spacial score (nSPS) is 16.6.